The van der Waals surface area contributed by atoms with Crippen LogP contribution in [-0.4, -0.2) is 10.9 Å². The molecule has 2 heterocycles. The maximum atomic E-state index is 13.0. The molecule has 4 nitrogen and oxygen atoms in total. The first-order valence-corrected chi connectivity index (χ1v) is 12.0. The average molecular weight is 492 g/mol. The van der Waals surface area contributed by atoms with Crippen LogP contribution in [0.1, 0.15) is 39.2 Å². The molecule has 3 N–H and O–H groups in total. The van der Waals surface area contributed by atoms with Crippen molar-refractivity contribution in [2.24, 2.45) is 0 Å². The largest absolute Gasteiger partial charge is 0.397 e. The first kappa shape index (κ1) is 20.2. The number of aryl methyl sites for hydroxylation is 2. The fraction of sp³-hybridized carbons (Fsp3) is 0.200. The number of rotatable bonds is 3. The molecular weight excluding hydrogens is 470 g/mol. The molecule has 31 heavy (non-hydrogen) atoms. The van der Waals surface area contributed by atoms with Crippen molar-refractivity contribution in [3.05, 3.63) is 74.6 Å². The predicted molar refractivity (Wildman–Crippen MR) is 133 cm³/mol. The van der Waals surface area contributed by atoms with E-state index in [4.69, 9.17) is 10.7 Å². The fourth-order valence-corrected chi connectivity index (χ4v) is 5.54. The molecule has 156 valence electrons. The Morgan fingerprint density at radius 1 is 1.03 bits per heavy atom. The van der Waals surface area contributed by atoms with Crippen LogP contribution in [0.3, 0.4) is 0 Å². The summed E-state index contributed by atoms with van der Waals surface area (Å²) >= 11 is 4.80. The number of aromatic nitrogens is 1. The van der Waals surface area contributed by atoms with E-state index in [1.54, 1.807) is 0 Å². The third kappa shape index (κ3) is 3.75. The summed E-state index contributed by atoms with van der Waals surface area (Å²) in [6, 6.07) is 16.0. The Morgan fingerprint density at radius 3 is 2.42 bits per heavy atom. The molecule has 0 atom stereocenters. The smallest absolute Gasteiger partial charge is 0.267 e. The van der Waals surface area contributed by atoms with E-state index in [-0.39, 0.29) is 5.91 Å². The highest BCUT2D eigenvalue weighted by Crippen LogP contribution is 2.42. The molecule has 1 aliphatic rings. The normalized spacial score (nSPS) is 13.2. The van der Waals surface area contributed by atoms with Crippen molar-refractivity contribution in [1.82, 2.24) is 4.98 Å². The Morgan fingerprint density at radius 2 is 1.71 bits per heavy atom. The lowest BCUT2D eigenvalue weighted by Gasteiger charge is -2.20. The molecule has 0 saturated heterocycles. The minimum Gasteiger partial charge on any atom is -0.397 e. The number of halogens is 1. The summed E-state index contributed by atoms with van der Waals surface area (Å²) in [6.45, 7) is 2.09. The van der Waals surface area contributed by atoms with Crippen LogP contribution in [0.4, 0.5) is 11.4 Å². The van der Waals surface area contributed by atoms with Gasteiger partial charge in [0.2, 0.25) is 0 Å². The van der Waals surface area contributed by atoms with Gasteiger partial charge in [-0.2, -0.15) is 0 Å². The number of amides is 1. The highest BCUT2D eigenvalue weighted by molar-refractivity contribution is 9.10. The zero-order valence-corrected chi connectivity index (χ0v) is 19.6. The van der Waals surface area contributed by atoms with Gasteiger partial charge in [-0.1, -0.05) is 45.8 Å². The quantitative estimate of drug-likeness (QED) is 0.333. The van der Waals surface area contributed by atoms with Crippen LogP contribution in [-0.2, 0) is 12.8 Å². The van der Waals surface area contributed by atoms with Crippen molar-refractivity contribution < 1.29 is 4.79 Å². The Bertz CT molecular complexity index is 1290. The lowest BCUT2D eigenvalue weighted by molar-refractivity contribution is 0.103. The minimum atomic E-state index is -0.190. The highest BCUT2D eigenvalue weighted by Gasteiger charge is 2.25. The summed E-state index contributed by atoms with van der Waals surface area (Å²) < 4.78 is 0.964. The van der Waals surface area contributed by atoms with Gasteiger partial charge < -0.3 is 11.1 Å². The zero-order valence-electron chi connectivity index (χ0n) is 17.2. The molecule has 4 aromatic rings. The molecule has 5 rings (SSSR count). The second-order valence-electron chi connectivity index (χ2n) is 7.98. The van der Waals surface area contributed by atoms with Crippen LogP contribution < -0.4 is 11.1 Å². The Hall–Kier alpha value is -2.70. The molecule has 2 aromatic heterocycles. The van der Waals surface area contributed by atoms with E-state index >= 15 is 0 Å². The van der Waals surface area contributed by atoms with E-state index in [1.165, 1.54) is 28.0 Å². The van der Waals surface area contributed by atoms with Gasteiger partial charge in [-0.3, -0.25) is 4.79 Å². The van der Waals surface area contributed by atoms with Crippen molar-refractivity contribution in [3.8, 4) is 11.3 Å². The van der Waals surface area contributed by atoms with Crippen molar-refractivity contribution in [2.45, 2.75) is 32.6 Å². The number of hydrogen-bond donors (Lipinski definition) is 2. The first-order valence-electron chi connectivity index (χ1n) is 10.4. The summed E-state index contributed by atoms with van der Waals surface area (Å²) in [5, 5.41) is 3.93. The molecular formula is C25H22BrN3OS. The topological polar surface area (TPSA) is 68.0 Å². The van der Waals surface area contributed by atoms with Crippen LogP contribution in [0, 0.1) is 6.92 Å². The number of pyridine rings is 1. The zero-order chi connectivity index (χ0) is 21.5. The van der Waals surface area contributed by atoms with Gasteiger partial charge >= 0.3 is 0 Å². The Kier molecular flexibility index (Phi) is 5.28. The number of nitrogens with zero attached hydrogens (tertiary/aromatic N) is 1. The van der Waals surface area contributed by atoms with Gasteiger partial charge in [0.1, 0.15) is 9.71 Å². The average Bonchev–Trinajstić information content (AvgIpc) is 3.12. The second-order valence-corrected chi connectivity index (χ2v) is 9.89. The molecule has 0 unspecified atom stereocenters. The maximum absolute atomic E-state index is 13.0. The Balaban J connectivity index is 1.62. The number of hydrogen-bond acceptors (Lipinski definition) is 4. The standard InChI is InChI=1S/C25H22BrN3OS/c1-14-6-8-15(9-7-14)22-19-5-3-2-4-18(19)20-21(27)23(31-25(20)29-22)24(30)28-17-12-10-16(26)11-13-17/h6-13H,2-5,27H2,1H3,(H,28,30). The van der Waals surface area contributed by atoms with E-state index in [1.807, 2.05) is 24.3 Å². The monoisotopic (exact) mass is 491 g/mol. The molecule has 0 radical (unpaired) electrons. The van der Waals surface area contributed by atoms with E-state index in [0.717, 1.165) is 57.3 Å². The molecule has 0 fully saturated rings. The molecule has 1 aliphatic carbocycles. The lowest BCUT2D eigenvalue weighted by Crippen LogP contribution is -2.12. The van der Waals surface area contributed by atoms with Gasteiger partial charge in [0.25, 0.3) is 5.91 Å². The van der Waals surface area contributed by atoms with E-state index < -0.39 is 0 Å². The number of fused-ring (bicyclic) bond motifs is 3. The number of anilines is 2. The summed E-state index contributed by atoms with van der Waals surface area (Å²) in [6.07, 6.45) is 4.26. The highest BCUT2D eigenvalue weighted by atomic mass is 79.9. The number of benzene rings is 2. The fourth-order valence-electron chi connectivity index (χ4n) is 4.25. The number of nitrogen functional groups attached to an aromatic ring is 1. The van der Waals surface area contributed by atoms with Crippen LogP contribution in [0.2, 0.25) is 0 Å². The van der Waals surface area contributed by atoms with Gasteiger partial charge in [0.15, 0.2) is 0 Å². The number of nitrogens with one attached hydrogen (secondary N) is 1. The third-order valence-corrected chi connectivity index (χ3v) is 7.46. The van der Waals surface area contributed by atoms with Crippen LogP contribution >= 0.6 is 27.3 Å². The Labute approximate surface area is 193 Å². The molecule has 0 spiro atoms. The first-order chi connectivity index (χ1) is 15.0. The molecule has 0 bridgehead atoms. The van der Waals surface area contributed by atoms with Crippen molar-refractivity contribution in [3.63, 3.8) is 0 Å². The minimum absolute atomic E-state index is 0.190. The summed E-state index contributed by atoms with van der Waals surface area (Å²) in [5.74, 6) is -0.190. The SMILES string of the molecule is Cc1ccc(-c2nc3sc(C(=O)Nc4ccc(Br)cc4)c(N)c3c3c2CCCC3)cc1. The van der Waals surface area contributed by atoms with Crippen molar-refractivity contribution in [2.75, 3.05) is 11.1 Å². The van der Waals surface area contributed by atoms with Crippen molar-refractivity contribution >= 4 is 54.8 Å². The number of carbonyl (C=O) groups is 1. The third-order valence-electron chi connectivity index (χ3n) is 5.83. The molecule has 2 aromatic carbocycles. The molecule has 1 amide bonds. The number of carbonyl (C=O) groups excluding carboxylic acids is 1. The van der Waals surface area contributed by atoms with Crippen LogP contribution in [0.5, 0.6) is 0 Å². The van der Waals surface area contributed by atoms with Crippen LogP contribution in [0.25, 0.3) is 21.5 Å². The van der Waals surface area contributed by atoms with Crippen molar-refractivity contribution in [1.29, 1.82) is 0 Å². The van der Waals surface area contributed by atoms with Gasteiger partial charge in [-0.15, -0.1) is 11.3 Å². The van der Waals surface area contributed by atoms with E-state index in [9.17, 15) is 4.79 Å². The number of nitrogens with two attached hydrogens (primary N) is 1. The van der Waals surface area contributed by atoms with Crippen LogP contribution in [0.15, 0.2) is 53.0 Å². The van der Waals surface area contributed by atoms with Gasteiger partial charge in [-0.05, 0) is 68.0 Å². The van der Waals surface area contributed by atoms with Gasteiger partial charge in [0, 0.05) is 21.1 Å². The second kappa shape index (κ2) is 8.09. The maximum Gasteiger partial charge on any atom is 0.267 e. The lowest BCUT2D eigenvalue weighted by atomic mass is 9.87. The summed E-state index contributed by atoms with van der Waals surface area (Å²) in [5.41, 5.74) is 13.8. The number of thiophene rings is 1. The van der Waals surface area contributed by atoms with E-state index in [0.29, 0.717) is 10.6 Å². The molecule has 0 saturated carbocycles. The van der Waals surface area contributed by atoms with Gasteiger partial charge in [0.05, 0.1) is 11.4 Å². The molecule has 6 heteroatoms. The summed E-state index contributed by atoms with van der Waals surface area (Å²) in [4.78, 5) is 19.4. The van der Waals surface area contributed by atoms with E-state index in [2.05, 4.69) is 52.4 Å². The van der Waals surface area contributed by atoms with Gasteiger partial charge in [-0.25, -0.2) is 4.98 Å². The predicted octanol–water partition coefficient (Wildman–Crippen LogP) is 6.75. The summed E-state index contributed by atoms with van der Waals surface area (Å²) in [7, 11) is 0. The molecule has 0 aliphatic heterocycles.